The molecular weight excluding hydrogens is 286 g/mol. The predicted octanol–water partition coefficient (Wildman–Crippen LogP) is 1.50. The van der Waals surface area contributed by atoms with Crippen LogP contribution in [-0.2, 0) is 9.53 Å². The van der Waals surface area contributed by atoms with Gasteiger partial charge in [-0.1, -0.05) is 0 Å². The van der Waals surface area contributed by atoms with E-state index in [1.54, 1.807) is 0 Å². The van der Waals surface area contributed by atoms with Gasteiger partial charge in [-0.2, -0.15) is 0 Å². The van der Waals surface area contributed by atoms with Crippen LogP contribution in [0.5, 0.6) is 0 Å². The first-order valence-electron chi connectivity index (χ1n) is 6.39. The van der Waals surface area contributed by atoms with Crippen LogP contribution in [0.2, 0.25) is 5.22 Å². The van der Waals surface area contributed by atoms with E-state index in [1.165, 1.54) is 17.0 Å². The molecule has 0 aliphatic carbocycles. The third-order valence-corrected chi connectivity index (χ3v) is 4.41. The summed E-state index contributed by atoms with van der Waals surface area (Å²) < 4.78 is 10.5. The first-order chi connectivity index (χ1) is 9.53. The lowest BCUT2D eigenvalue weighted by atomic mass is 9.74. The first kappa shape index (κ1) is 13.5. The van der Waals surface area contributed by atoms with Gasteiger partial charge in [0.05, 0.1) is 12.0 Å². The van der Waals surface area contributed by atoms with Crippen LogP contribution in [0.3, 0.4) is 0 Å². The number of furan rings is 1. The van der Waals surface area contributed by atoms with Crippen molar-refractivity contribution in [2.45, 2.75) is 6.42 Å². The zero-order valence-electron chi connectivity index (χ0n) is 10.7. The molecule has 2 fully saturated rings. The fraction of sp³-hybridized carbons (Fsp3) is 0.538. The molecular formula is C13H14ClNO5. The number of rotatable bonds is 2. The van der Waals surface area contributed by atoms with Crippen LogP contribution in [0.25, 0.3) is 0 Å². The van der Waals surface area contributed by atoms with Gasteiger partial charge in [0.2, 0.25) is 0 Å². The van der Waals surface area contributed by atoms with Crippen molar-refractivity contribution in [2.75, 3.05) is 26.3 Å². The molecule has 20 heavy (non-hydrogen) atoms. The number of hydrogen-bond donors (Lipinski definition) is 1. The van der Waals surface area contributed by atoms with Gasteiger partial charge in [-0.3, -0.25) is 9.59 Å². The summed E-state index contributed by atoms with van der Waals surface area (Å²) in [5.74, 6) is -1.23. The quantitative estimate of drug-likeness (QED) is 0.895. The number of likely N-dealkylation sites (tertiary alicyclic amines) is 1. The lowest BCUT2D eigenvalue weighted by molar-refractivity contribution is -0.157. The summed E-state index contributed by atoms with van der Waals surface area (Å²) in [6, 6.07) is 2.99. The minimum absolute atomic E-state index is 0.134. The summed E-state index contributed by atoms with van der Waals surface area (Å²) >= 11 is 5.66. The van der Waals surface area contributed by atoms with Crippen molar-refractivity contribution in [1.29, 1.82) is 0 Å². The maximum Gasteiger partial charge on any atom is 0.311 e. The Hall–Kier alpha value is -1.53. The molecule has 2 atom stereocenters. The van der Waals surface area contributed by atoms with Gasteiger partial charge in [0.1, 0.15) is 0 Å². The third-order valence-electron chi connectivity index (χ3n) is 4.20. The molecule has 0 aromatic carbocycles. The Morgan fingerprint density at radius 3 is 2.85 bits per heavy atom. The smallest absolute Gasteiger partial charge is 0.311 e. The lowest BCUT2D eigenvalue weighted by Gasteiger charge is -2.33. The van der Waals surface area contributed by atoms with E-state index >= 15 is 0 Å². The van der Waals surface area contributed by atoms with Crippen LogP contribution >= 0.6 is 11.6 Å². The second-order valence-electron chi connectivity index (χ2n) is 5.27. The second-order valence-corrected chi connectivity index (χ2v) is 5.65. The molecule has 3 rings (SSSR count). The maximum atomic E-state index is 12.3. The van der Waals surface area contributed by atoms with Crippen molar-refractivity contribution in [3.05, 3.63) is 23.1 Å². The number of carboxylic acid groups (broad SMARTS) is 1. The highest BCUT2D eigenvalue weighted by Gasteiger charge is 2.55. The molecule has 0 bridgehead atoms. The van der Waals surface area contributed by atoms with Crippen molar-refractivity contribution in [3.63, 3.8) is 0 Å². The first-order valence-corrected chi connectivity index (χ1v) is 6.76. The minimum Gasteiger partial charge on any atom is -0.481 e. The van der Waals surface area contributed by atoms with Crippen molar-refractivity contribution < 1.29 is 23.8 Å². The molecule has 0 spiro atoms. The van der Waals surface area contributed by atoms with Gasteiger partial charge in [-0.15, -0.1) is 0 Å². The van der Waals surface area contributed by atoms with Gasteiger partial charge in [0.25, 0.3) is 5.91 Å². The average molecular weight is 300 g/mol. The van der Waals surface area contributed by atoms with Crippen molar-refractivity contribution in [2.24, 2.45) is 11.3 Å². The fourth-order valence-electron chi connectivity index (χ4n) is 3.04. The normalized spacial score (nSPS) is 29.2. The average Bonchev–Trinajstić information content (AvgIpc) is 3.02. The number of halogens is 1. The summed E-state index contributed by atoms with van der Waals surface area (Å²) in [4.78, 5) is 25.5. The molecule has 2 aliphatic heterocycles. The topological polar surface area (TPSA) is 80.0 Å². The van der Waals surface area contributed by atoms with Crippen LogP contribution < -0.4 is 0 Å². The van der Waals surface area contributed by atoms with Crippen molar-refractivity contribution in [1.82, 2.24) is 4.90 Å². The van der Waals surface area contributed by atoms with Crippen molar-refractivity contribution in [3.8, 4) is 0 Å². The number of nitrogens with zero attached hydrogens (tertiary/aromatic N) is 1. The zero-order chi connectivity index (χ0) is 14.3. The van der Waals surface area contributed by atoms with E-state index in [0.717, 1.165) is 0 Å². The van der Waals surface area contributed by atoms with Gasteiger partial charge in [0, 0.05) is 25.6 Å². The molecule has 1 aromatic rings. The van der Waals surface area contributed by atoms with E-state index < -0.39 is 11.4 Å². The van der Waals surface area contributed by atoms with Gasteiger partial charge >= 0.3 is 5.97 Å². The summed E-state index contributed by atoms with van der Waals surface area (Å²) in [7, 11) is 0. The number of carboxylic acids is 1. The molecule has 2 saturated heterocycles. The van der Waals surface area contributed by atoms with Gasteiger partial charge < -0.3 is 19.2 Å². The lowest BCUT2D eigenvalue weighted by Crippen LogP contribution is -2.45. The number of hydrogen-bond acceptors (Lipinski definition) is 4. The molecule has 2 aliphatic rings. The van der Waals surface area contributed by atoms with E-state index in [2.05, 4.69) is 0 Å². The predicted molar refractivity (Wildman–Crippen MR) is 68.6 cm³/mol. The number of amides is 1. The molecule has 0 unspecified atom stereocenters. The van der Waals surface area contributed by atoms with Crippen LogP contribution in [0.4, 0.5) is 0 Å². The molecule has 0 radical (unpaired) electrons. The molecule has 1 amide bonds. The number of ether oxygens (including phenoxy) is 1. The monoisotopic (exact) mass is 299 g/mol. The minimum atomic E-state index is -0.899. The van der Waals surface area contributed by atoms with E-state index in [9.17, 15) is 14.7 Å². The van der Waals surface area contributed by atoms with Crippen LogP contribution in [0, 0.1) is 11.3 Å². The number of carbonyl (C=O) groups excluding carboxylic acids is 1. The standard InChI is InChI=1S/C13H14ClNO5/c14-10-2-1-9(20-10)11(16)15-5-8-6-19-4-3-13(8,7-15)12(17)18/h1-2,8H,3-7H2,(H,17,18)/t8-,13+/m0/s1. The Labute approximate surface area is 120 Å². The van der Waals surface area contributed by atoms with Gasteiger partial charge in [-0.25, -0.2) is 0 Å². The van der Waals surface area contributed by atoms with E-state index in [1.807, 2.05) is 0 Å². The number of aliphatic carboxylic acids is 1. The second kappa shape index (κ2) is 4.79. The highest BCUT2D eigenvalue weighted by Crippen LogP contribution is 2.42. The molecule has 1 aromatic heterocycles. The van der Waals surface area contributed by atoms with Crippen LogP contribution in [0.15, 0.2) is 16.5 Å². The van der Waals surface area contributed by atoms with E-state index in [0.29, 0.717) is 26.2 Å². The molecule has 6 nitrogen and oxygen atoms in total. The third kappa shape index (κ3) is 1.99. The number of fused-ring (bicyclic) bond motifs is 1. The van der Waals surface area contributed by atoms with E-state index in [-0.39, 0.29) is 29.3 Å². The zero-order valence-corrected chi connectivity index (χ0v) is 11.4. The molecule has 3 heterocycles. The Balaban J connectivity index is 1.84. The Morgan fingerprint density at radius 2 is 2.25 bits per heavy atom. The summed E-state index contributed by atoms with van der Waals surface area (Å²) in [6.07, 6.45) is 0.426. The molecule has 108 valence electrons. The van der Waals surface area contributed by atoms with Crippen molar-refractivity contribution >= 4 is 23.5 Å². The number of carbonyl (C=O) groups is 2. The van der Waals surface area contributed by atoms with Gasteiger partial charge in [-0.05, 0) is 30.2 Å². The SMILES string of the molecule is O=C(c1ccc(Cl)o1)N1C[C@H]2COCC[C@@]2(C(=O)O)C1. The summed E-state index contributed by atoms with van der Waals surface area (Å²) in [5.41, 5.74) is -0.899. The largest absolute Gasteiger partial charge is 0.481 e. The van der Waals surface area contributed by atoms with Gasteiger partial charge in [0.15, 0.2) is 11.0 Å². The van der Waals surface area contributed by atoms with E-state index in [4.69, 9.17) is 20.8 Å². The summed E-state index contributed by atoms with van der Waals surface area (Å²) in [6.45, 7) is 1.34. The highest BCUT2D eigenvalue weighted by molar-refractivity contribution is 6.29. The highest BCUT2D eigenvalue weighted by atomic mass is 35.5. The Morgan fingerprint density at radius 1 is 1.45 bits per heavy atom. The Bertz CT molecular complexity index is 557. The molecule has 7 heteroatoms. The fourth-order valence-corrected chi connectivity index (χ4v) is 3.19. The van der Waals surface area contributed by atoms with Crippen LogP contribution in [-0.4, -0.2) is 48.2 Å². The molecule has 1 N–H and O–H groups in total. The van der Waals surface area contributed by atoms with Crippen LogP contribution in [0.1, 0.15) is 17.0 Å². The molecule has 0 saturated carbocycles. The maximum absolute atomic E-state index is 12.3. The Kier molecular flexibility index (Phi) is 3.22. The summed E-state index contributed by atoms with van der Waals surface area (Å²) in [5, 5.41) is 9.68.